The van der Waals surface area contributed by atoms with Crippen molar-refractivity contribution in [2.45, 2.75) is 13.8 Å². The number of nitrogens with zero attached hydrogens (tertiary/aromatic N) is 2. The molecule has 0 atom stereocenters. The van der Waals surface area contributed by atoms with E-state index in [1.807, 2.05) is 49.1 Å². The third-order valence-corrected chi connectivity index (χ3v) is 5.00. The Bertz CT molecular complexity index is 932. The lowest BCUT2D eigenvalue weighted by Crippen LogP contribution is -2.24. The maximum Gasteiger partial charge on any atom is 0.355 e. The van der Waals surface area contributed by atoms with Gasteiger partial charge in [0.25, 0.3) is 0 Å². The van der Waals surface area contributed by atoms with Gasteiger partial charge < -0.3 is 14.6 Å². The molecule has 0 saturated heterocycles. The maximum absolute atomic E-state index is 12.2. The van der Waals surface area contributed by atoms with E-state index in [1.54, 1.807) is 16.7 Å². The van der Waals surface area contributed by atoms with E-state index >= 15 is 0 Å². The van der Waals surface area contributed by atoms with E-state index in [9.17, 15) is 9.90 Å². The van der Waals surface area contributed by atoms with Crippen molar-refractivity contribution >= 4 is 45.8 Å². The van der Waals surface area contributed by atoms with Gasteiger partial charge in [0.1, 0.15) is 0 Å². The minimum Gasteiger partial charge on any atom is -0.476 e. The van der Waals surface area contributed by atoms with Gasteiger partial charge in [-0.3, -0.25) is 0 Å². The highest BCUT2D eigenvalue weighted by Gasteiger charge is 2.27. The second-order valence-electron chi connectivity index (χ2n) is 5.63. The van der Waals surface area contributed by atoms with Crippen LogP contribution in [0.3, 0.4) is 0 Å². The summed E-state index contributed by atoms with van der Waals surface area (Å²) < 4.78 is 1.73. The third kappa shape index (κ3) is 2.96. The van der Waals surface area contributed by atoms with E-state index in [0.717, 1.165) is 16.6 Å². The summed E-state index contributed by atoms with van der Waals surface area (Å²) in [7, 11) is 0. The van der Waals surface area contributed by atoms with Crippen LogP contribution in [0.25, 0.3) is 16.6 Å². The van der Waals surface area contributed by atoms with Gasteiger partial charge in [0.05, 0.1) is 21.2 Å². The number of benzene rings is 2. The van der Waals surface area contributed by atoms with Gasteiger partial charge in [-0.25, -0.2) is 4.79 Å². The number of hydrogen-bond donors (Lipinski definition) is 1. The molecule has 25 heavy (non-hydrogen) atoms. The number of rotatable bonds is 5. The molecule has 0 spiro atoms. The van der Waals surface area contributed by atoms with Crippen LogP contribution in [0.15, 0.2) is 42.5 Å². The van der Waals surface area contributed by atoms with Gasteiger partial charge in [-0.1, -0.05) is 41.4 Å². The average molecular weight is 377 g/mol. The molecule has 1 heterocycles. The lowest BCUT2D eigenvalue weighted by Gasteiger charge is -2.21. The molecule has 0 amide bonds. The predicted octanol–water partition coefficient (Wildman–Crippen LogP) is 5.48. The molecule has 1 aromatic heterocycles. The lowest BCUT2D eigenvalue weighted by molar-refractivity contribution is 0.0689. The fourth-order valence-electron chi connectivity index (χ4n) is 3.17. The molecule has 0 saturated carbocycles. The minimum atomic E-state index is -0.991. The summed E-state index contributed by atoms with van der Waals surface area (Å²) in [5, 5.41) is 11.6. The summed E-state index contributed by atoms with van der Waals surface area (Å²) in [5.41, 5.74) is 2.36. The van der Waals surface area contributed by atoms with Gasteiger partial charge in [0.15, 0.2) is 5.69 Å². The van der Waals surface area contributed by atoms with E-state index in [2.05, 4.69) is 0 Å². The first-order valence-electron chi connectivity index (χ1n) is 8.06. The molecule has 3 rings (SSSR count). The molecule has 0 radical (unpaired) electrons. The monoisotopic (exact) mass is 376 g/mol. The van der Waals surface area contributed by atoms with Crippen LogP contribution < -0.4 is 4.90 Å². The highest BCUT2D eigenvalue weighted by atomic mass is 35.5. The number of aromatic carboxylic acids is 1. The first kappa shape index (κ1) is 17.6. The van der Waals surface area contributed by atoms with Crippen LogP contribution in [0.4, 0.5) is 5.69 Å². The van der Waals surface area contributed by atoms with Crippen LogP contribution in [-0.4, -0.2) is 28.7 Å². The van der Waals surface area contributed by atoms with Crippen molar-refractivity contribution in [2.75, 3.05) is 18.0 Å². The molecule has 130 valence electrons. The Labute approximate surface area is 156 Å². The zero-order valence-corrected chi connectivity index (χ0v) is 15.5. The first-order valence-corrected chi connectivity index (χ1v) is 8.82. The second kappa shape index (κ2) is 6.98. The Balaban J connectivity index is 2.51. The van der Waals surface area contributed by atoms with Crippen LogP contribution in [0, 0.1) is 0 Å². The first-order chi connectivity index (χ1) is 12.0. The van der Waals surface area contributed by atoms with Gasteiger partial charge in [-0.2, -0.15) is 0 Å². The number of aromatic nitrogens is 1. The summed E-state index contributed by atoms with van der Waals surface area (Å²) in [6, 6.07) is 12.9. The lowest BCUT2D eigenvalue weighted by atomic mass is 10.2. The van der Waals surface area contributed by atoms with E-state index in [0.29, 0.717) is 28.8 Å². The van der Waals surface area contributed by atoms with Crippen LogP contribution >= 0.6 is 23.2 Å². The molecule has 0 aliphatic carbocycles. The average Bonchev–Trinajstić information content (AvgIpc) is 2.92. The maximum atomic E-state index is 12.2. The van der Waals surface area contributed by atoms with Gasteiger partial charge >= 0.3 is 5.97 Å². The highest BCUT2D eigenvalue weighted by Crippen LogP contribution is 2.40. The number of para-hydroxylation sites is 1. The van der Waals surface area contributed by atoms with Gasteiger partial charge in [-0.15, -0.1) is 0 Å². The molecular formula is C19H18Cl2N2O2. The normalized spacial score (nSPS) is 11.0. The Morgan fingerprint density at radius 3 is 2.24 bits per heavy atom. The van der Waals surface area contributed by atoms with Gasteiger partial charge in [0.2, 0.25) is 0 Å². The molecule has 0 unspecified atom stereocenters. The Morgan fingerprint density at radius 2 is 1.68 bits per heavy atom. The SMILES string of the molecule is CCN(CC)c1c(C(=O)O)n(-c2ccccc2)c2cc(Cl)c(Cl)cc12. The fraction of sp³-hybridized carbons (Fsp3) is 0.211. The molecule has 4 nitrogen and oxygen atoms in total. The van der Waals surface area contributed by atoms with Crippen molar-refractivity contribution in [3.8, 4) is 5.69 Å². The fourth-order valence-corrected chi connectivity index (χ4v) is 3.49. The third-order valence-electron chi connectivity index (χ3n) is 4.28. The van der Waals surface area contributed by atoms with Crippen molar-refractivity contribution in [1.82, 2.24) is 4.57 Å². The Morgan fingerprint density at radius 1 is 1.08 bits per heavy atom. The van der Waals surface area contributed by atoms with E-state index in [1.165, 1.54) is 0 Å². The van der Waals surface area contributed by atoms with Gasteiger partial charge in [-0.05, 0) is 38.1 Å². The van der Waals surface area contributed by atoms with Crippen LogP contribution in [0.1, 0.15) is 24.3 Å². The van der Waals surface area contributed by atoms with Gasteiger partial charge in [0, 0.05) is 24.2 Å². The quantitative estimate of drug-likeness (QED) is 0.640. The summed E-state index contributed by atoms with van der Waals surface area (Å²) in [6.45, 7) is 5.37. The number of anilines is 1. The number of carboxylic acids is 1. The Kier molecular flexibility index (Phi) is 4.93. The number of fused-ring (bicyclic) bond motifs is 1. The predicted molar refractivity (Wildman–Crippen MR) is 104 cm³/mol. The second-order valence-corrected chi connectivity index (χ2v) is 6.44. The van der Waals surface area contributed by atoms with Crippen molar-refractivity contribution < 1.29 is 9.90 Å². The molecule has 1 N–H and O–H groups in total. The zero-order valence-electron chi connectivity index (χ0n) is 14.0. The topological polar surface area (TPSA) is 45.5 Å². The molecule has 0 aliphatic rings. The van der Waals surface area contributed by atoms with Crippen molar-refractivity contribution in [2.24, 2.45) is 0 Å². The van der Waals surface area contributed by atoms with E-state index in [-0.39, 0.29) is 5.69 Å². The van der Waals surface area contributed by atoms with E-state index < -0.39 is 5.97 Å². The largest absolute Gasteiger partial charge is 0.476 e. The number of hydrogen-bond acceptors (Lipinski definition) is 2. The standard InChI is InChI=1S/C19H18Cl2N2O2/c1-3-22(4-2)17-13-10-14(20)15(21)11-16(13)23(18(17)19(24)25)12-8-6-5-7-9-12/h5-11H,3-4H2,1-2H3,(H,24,25). The summed E-state index contributed by atoms with van der Waals surface area (Å²) in [4.78, 5) is 14.2. The van der Waals surface area contributed by atoms with Crippen LogP contribution in [-0.2, 0) is 0 Å². The zero-order chi connectivity index (χ0) is 18.1. The summed E-state index contributed by atoms with van der Waals surface area (Å²) in [6.07, 6.45) is 0. The number of halogens is 2. The molecular weight excluding hydrogens is 359 g/mol. The number of carboxylic acid groups (broad SMARTS) is 1. The summed E-state index contributed by atoms with van der Waals surface area (Å²) >= 11 is 12.5. The smallest absolute Gasteiger partial charge is 0.355 e. The Hall–Kier alpha value is -2.17. The van der Waals surface area contributed by atoms with Crippen LogP contribution in [0.2, 0.25) is 10.0 Å². The molecule has 6 heteroatoms. The molecule has 0 fully saturated rings. The van der Waals surface area contributed by atoms with Crippen molar-refractivity contribution in [3.05, 3.63) is 58.2 Å². The molecule has 3 aromatic rings. The number of carbonyl (C=O) groups is 1. The molecule has 0 aliphatic heterocycles. The molecule has 0 bridgehead atoms. The van der Waals surface area contributed by atoms with Crippen molar-refractivity contribution in [1.29, 1.82) is 0 Å². The van der Waals surface area contributed by atoms with Crippen LogP contribution in [0.5, 0.6) is 0 Å². The molecule has 2 aromatic carbocycles. The highest BCUT2D eigenvalue weighted by molar-refractivity contribution is 6.43. The van der Waals surface area contributed by atoms with Crippen molar-refractivity contribution in [3.63, 3.8) is 0 Å². The summed E-state index contributed by atoms with van der Waals surface area (Å²) in [5.74, 6) is -0.991. The minimum absolute atomic E-state index is 0.211. The van der Waals surface area contributed by atoms with E-state index in [4.69, 9.17) is 23.2 Å².